The van der Waals surface area contributed by atoms with Crippen LogP contribution >= 0.6 is 0 Å². The van der Waals surface area contributed by atoms with Crippen molar-refractivity contribution >= 4 is 39.9 Å². The zero-order chi connectivity index (χ0) is 22.9. The molecule has 5 rings (SSSR count). The summed E-state index contributed by atoms with van der Waals surface area (Å²) in [5.74, 6) is -1.44. The van der Waals surface area contributed by atoms with Gasteiger partial charge >= 0.3 is 11.8 Å². The fraction of sp³-hybridized carbons (Fsp3) is 0.269. The van der Waals surface area contributed by atoms with Crippen LogP contribution < -0.4 is 15.5 Å². The lowest BCUT2D eigenvalue weighted by Crippen LogP contribution is -2.36. The summed E-state index contributed by atoms with van der Waals surface area (Å²) in [4.78, 5) is 38.7. The summed E-state index contributed by atoms with van der Waals surface area (Å²) in [5, 5.41) is 17.9. The highest BCUT2D eigenvalue weighted by Gasteiger charge is 2.32. The first-order valence-electron chi connectivity index (χ1n) is 11.2. The average Bonchev–Trinajstić information content (AvgIpc) is 3.15. The Morgan fingerprint density at radius 3 is 2.70 bits per heavy atom. The Kier molecular flexibility index (Phi) is 5.56. The van der Waals surface area contributed by atoms with Gasteiger partial charge < -0.3 is 20.6 Å². The molecule has 33 heavy (non-hydrogen) atoms. The maximum atomic E-state index is 12.4. The minimum Gasteiger partial charge on any atom is -0.388 e. The first kappa shape index (κ1) is 21.2. The first-order chi connectivity index (χ1) is 16.0. The van der Waals surface area contributed by atoms with Crippen molar-refractivity contribution in [3.05, 3.63) is 71.3 Å². The lowest BCUT2D eigenvalue weighted by Gasteiger charge is -2.26. The Morgan fingerprint density at radius 2 is 1.82 bits per heavy atom. The zero-order valence-corrected chi connectivity index (χ0v) is 18.1. The minimum absolute atomic E-state index is 0.0805. The number of aliphatic hydroxyl groups is 1. The Bertz CT molecular complexity index is 1260. The molecular weight excluding hydrogens is 418 g/mol. The highest BCUT2D eigenvalue weighted by Crippen LogP contribution is 2.38. The van der Waals surface area contributed by atoms with Crippen LogP contribution in [0.3, 0.4) is 0 Å². The first-order valence-corrected chi connectivity index (χ1v) is 11.2. The Hall–Kier alpha value is -3.71. The van der Waals surface area contributed by atoms with E-state index in [-0.39, 0.29) is 18.9 Å². The smallest absolute Gasteiger partial charge is 0.313 e. The molecule has 2 aliphatic heterocycles. The second kappa shape index (κ2) is 8.67. The fourth-order valence-corrected chi connectivity index (χ4v) is 4.84. The topological polar surface area (TPSA) is 98.7 Å². The molecule has 1 atom stereocenters. The predicted octanol–water partition coefficient (Wildman–Crippen LogP) is 2.85. The second-order valence-corrected chi connectivity index (χ2v) is 8.55. The Morgan fingerprint density at radius 1 is 1.03 bits per heavy atom. The van der Waals surface area contributed by atoms with E-state index >= 15 is 0 Å². The number of hydrogen-bond donors (Lipinski definition) is 3. The van der Waals surface area contributed by atoms with E-state index in [9.17, 15) is 19.5 Å². The number of anilines is 2. The van der Waals surface area contributed by atoms with E-state index in [1.807, 2.05) is 53.4 Å². The molecule has 7 heteroatoms. The van der Waals surface area contributed by atoms with Crippen molar-refractivity contribution in [2.24, 2.45) is 0 Å². The van der Waals surface area contributed by atoms with Gasteiger partial charge in [0.05, 0.1) is 18.2 Å². The third-order valence-electron chi connectivity index (χ3n) is 6.36. The number of aryl methyl sites for hydroxylation is 1. The minimum atomic E-state index is -0.765. The van der Waals surface area contributed by atoms with Crippen LogP contribution in [0.2, 0.25) is 0 Å². The van der Waals surface area contributed by atoms with E-state index in [2.05, 4.69) is 10.6 Å². The zero-order valence-electron chi connectivity index (χ0n) is 18.1. The Balaban J connectivity index is 1.19. The van der Waals surface area contributed by atoms with Gasteiger partial charge in [0.25, 0.3) is 0 Å². The molecule has 0 radical (unpaired) electrons. The number of nitrogens with one attached hydrogen (secondary N) is 2. The third kappa shape index (κ3) is 4.07. The quantitative estimate of drug-likeness (QED) is 0.528. The molecule has 3 aromatic rings. The van der Waals surface area contributed by atoms with Crippen LogP contribution in [0.15, 0.2) is 54.6 Å². The number of hydrogen-bond acceptors (Lipinski definition) is 4. The van der Waals surface area contributed by atoms with Gasteiger partial charge in [-0.1, -0.05) is 42.5 Å². The Labute approximate surface area is 191 Å². The van der Waals surface area contributed by atoms with Gasteiger partial charge in [-0.05, 0) is 58.9 Å². The van der Waals surface area contributed by atoms with Gasteiger partial charge in [0.2, 0.25) is 5.91 Å². The molecule has 3 amide bonds. The molecule has 0 bridgehead atoms. The number of nitrogens with zero attached hydrogens (tertiary/aromatic N) is 1. The van der Waals surface area contributed by atoms with E-state index in [1.165, 1.54) is 0 Å². The second-order valence-electron chi connectivity index (χ2n) is 8.55. The molecule has 0 aromatic heterocycles. The summed E-state index contributed by atoms with van der Waals surface area (Å²) >= 11 is 0. The molecule has 0 aliphatic carbocycles. The highest BCUT2D eigenvalue weighted by molar-refractivity contribution is 6.39. The van der Waals surface area contributed by atoms with E-state index in [4.69, 9.17) is 0 Å². The van der Waals surface area contributed by atoms with Gasteiger partial charge in [0.1, 0.15) is 0 Å². The number of benzene rings is 3. The third-order valence-corrected chi connectivity index (χ3v) is 6.36. The van der Waals surface area contributed by atoms with Crippen molar-refractivity contribution in [1.82, 2.24) is 5.32 Å². The number of aliphatic hydroxyl groups excluding tert-OH is 1. The molecule has 0 fully saturated rings. The SMILES string of the molecule is O=C(NCC[C@@H](O)c1cccc2ccccc12)C(=O)Nc1cc2c3c(c1)CC(=O)N3CCC2. The van der Waals surface area contributed by atoms with Crippen molar-refractivity contribution < 1.29 is 19.5 Å². The van der Waals surface area contributed by atoms with Gasteiger partial charge in [-0.25, -0.2) is 0 Å². The van der Waals surface area contributed by atoms with E-state index < -0.39 is 17.9 Å². The lowest BCUT2D eigenvalue weighted by molar-refractivity contribution is -0.136. The van der Waals surface area contributed by atoms with Crippen molar-refractivity contribution in [3.8, 4) is 0 Å². The molecule has 0 saturated carbocycles. The molecule has 2 aliphatic rings. The van der Waals surface area contributed by atoms with Gasteiger partial charge in [-0.3, -0.25) is 14.4 Å². The number of carbonyl (C=O) groups is 3. The van der Waals surface area contributed by atoms with Crippen molar-refractivity contribution in [3.63, 3.8) is 0 Å². The van der Waals surface area contributed by atoms with Crippen LogP contribution in [-0.2, 0) is 27.2 Å². The number of carbonyl (C=O) groups excluding carboxylic acids is 3. The monoisotopic (exact) mass is 443 g/mol. The number of rotatable bonds is 5. The van der Waals surface area contributed by atoms with Gasteiger partial charge in [-0.2, -0.15) is 0 Å². The highest BCUT2D eigenvalue weighted by atomic mass is 16.3. The molecule has 0 saturated heterocycles. The van der Waals surface area contributed by atoms with Crippen molar-refractivity contribution in [2.75, 3.05) is 23.3 Å². The molecule has 168 valence electrons. The average molecular weight is 444 g/mol. The molecular formula is C26H25N3O4. The molecule has 0 unspecified atom stereocenters. The predicted molar refractivity (Wildman–Crippen MR) is 126 cm³/mol. The number of fused-ring (bicyclic) bond motifs is 1. The normalized spacial score (nSPS) is 15.3. The van der Waals surface area contributed by atoms with Gasteiger partial charge in [-0.15, -0.1) is 0 Å². The van der Waals surface area contributed by atoms with E-state index in [0.717, 1.165) is 52.5 Å². The van der Waals surface area contributed by atoms with Crippen LogP contribution in [0.25, 0.3) is 10.8 Å². The lowest BCUT2D eigenvalue weighted by atomic mass is 9.99. The summed E-state index contributed by atoms with van der Waals surface area (Å²) < 4.78 is 0. The van der Waals surface area contributed by atoms with Crippen LogP contribution in [0.4, 0.5) is 11.4 Å². The standard InChI is InChI=1S/C26H25N3O4/c30-22(21-9-3-6-16-5-1-2-8-20(16)21)10-11-27-25(32)26(33)28-19-13-17-7-4-12-29-23(31)15-18(14-19)24(17)29/h1-3,5-6,8-9,13-14,22,30H,4,7,10-12,15H2,(H,27,32)(H,28,33)/t22-/m1/s1. The summed E-state index contributed by atoms with van der Waals surface area (Å²) in [6, 6.07) is 17.2. The largest absolute Gasteiger partial charge is 0.388 e. The van der Waals surface area contributed by atoms with Crippen LogP contribution in [0.5, 0.6) is 0 Å². The molecule has 7 nitrogen and oxygen atoms in total. The summed E-state index contributed by atoms with van der Waals surface area (Å²) in [6.45, 7) is 0.896. The van der Waals surface area contributed by atoms with Gasteiger partial charge in [0.15, 0.2) is 0 Å². The van der Waals surface area contributed by atoms with Crippen LogP contribution in [0, 0.1) is 0 Å². The maximum Gasteiger partial charge on any atom is 0.313 e. The molecule has 2 heterocycles. The molecule has 3 aromatic carbocycles. The van der Waals surface area contributed by atoms with Crippen LogP contribution in [0.1, 0.15) is 35.6 Å². The summed E-state index contributed by atoms with van der Waals surface area (Å²) in [7, 11) is 0. The summed E-state index contributed by atoms with van der Waals surface area (Å²) in [6.07, 6.45) is 1.58. The maximum absolute atomic E-state index is 12.4. The summed E-state index contributed by atoms with van der Waals surface area (Å²) in [5.41, 5.74) is 4.21. The molecule has 0 spiro atoms. The van der Waals surface area contributed by atoms with E-state index in [1.54, 1.807) is 6.07 Å². The number of amides is 3. The van der Waals surface area contributed by atoms with E-state index in [0.29, 0.717) is 12.1 Å². The van der Waals surface area contributed by atoms with Gasteiger partial charge in [0, 0.05) is 18.8 Å². The fourth-order valence-electron chi connectivity index (χ4n) is 4.84. The van der Waals surface area contributed by atoms with Crippen LogP contribution in [-0.4, -0.2) is 35.9 Å². The molecule has 3 N–H and O–H groups in total. The van der Waals surface area contributed by atoms with Crippen molar-refractivity contribution in [2.45, 2.75) is 31.8 Å². The van der Waals surface area contributed by atoms with Crippen molar-refractivity contribution in [1.29, 1.82) is 0 Å².